The Labute approximate surface area is 246 Å². The number of phosphoric ester groups is 1. The number of nitrogen functional groups attached to an aromatic ring is 1. The first-order valence-electron chi connectivity index (χ1n) is 11.5. The Kier molecular flexibility index (Phi) is 11.1. The third kappa shape index (κ3) is 10.1. The van der Waals surface area contributed by atoms with Crippen molar-refractivity contribution < 1.29 is 55.9 Å². The number of rotatable bonds is 12. The lowest BCUT2D eigenvalue weighted by Gasteiger charge is -2.21. The minimum atomic E-state index is -5.82. The topological polar surface area (TPSA) is 284 Å². The first-order chi connectivity index (χ1) is 19.3. The normalized spacial score (nSPS) is 19.9. The molecular formula is C19H27N5O13P3S2-. The highest BCUT2D eigenvalue weighted by molar-refractivity contribution is 8.77. The second-order valence-corrected chi connectivity index (χ2v) is 16.6. The van der Waals surface area contributed by atoms with Crippen LogP contribution < -0.4 is 21.9 Å². The van der Waals surface area contributed by atoms with E-state index in [4.69, 9.17) is 30.4 Å². The van der Waals surface area contributed by atoms with E-state index in [-0.39, 0.29) is 57.7 Å². The standard InChI is InChI=1S/C19H28N5O13P3S2/c1-19(2,3)42-41-10-33-12-7-14(24-8-11(5-4-6-20)15-16(24)22-18(21)23-17(15)25)35-13(12)9-34-39(29,30)37-40(31,32)36-38(26,27)28/h8,14H,6-7,9-10,20H2,1-3H3,(H,29,30)(H,31,32)(H2,26,27,28)(H3,21,22,23,25)/p-1. The molecule has 18 nitrogen and oxygen atoms in total. The fourth-order valence-corrected chi connectivity index (χ4v) is 8.21. The van der Waals surface area contributed by atoms with Gasteiger partial charge in [0.25, 0.3) is 13.4 Å². The molecule has 8 N–H and O–H groups in total. The van der Waals surface area contributed by atoms with Crippen molar-refractivity contribution in [3.05, 3.63) is 33.6 Å². The lowest BCUT2D eigenvalue weighted by Crippen LogP contribution is -2.14. The van der Waals surface area contributed by atoms with Gasteiger partial charge >= 0.3 is 15.6 Å². The molecule has 4 unspecified atom stereocenters. The highest BCUT2D eigenvalue weighted by Crippen LogP contribution is 2.65. The van der Waals surface area contributed by atoms with Crippen LogP contribution in [0.25, 0.3) is 11.0 Å². The first-order valence-corrected chi connectivity index (χ1v) is 18.3. The minimum absolute atomic E-state index is 0.0105. The Balaban J connectivity index is 1.89. The molecule has 0 fully saturated rings. The SMILES string of the molecule is CC(C)(C)SSCOC1=C(COP(=O)(O)OP(=O)(O)OP(=O)([O-])O)OC(n2cc(C#CCN)c3c(=O)[nH]c(N)nc32)C1. The Hall–Kier alpha value is -1.81. The van der Waals surface area contributed by atoms with Crippen LogP contribution in [0.1, 0.15) is 39.0 Å². The molecule has 0 aromatic carbocycles. The van der Waals surface area contributed by atoms with Gasteiger partial charge in [0.1, 0.15) is 23.7 Å². The van der Waals surface area contributed by atoms with Gasteiger partial charge in [0.2, 0.25) is 5.95 Å². The van der Waals surface area contributed by atoms with Crippen molar-refractivity contribution in [1.82, 2.24) is 14.5 Å². The fraction of sp³-hybridized carbons (Fsp3) is 0.474. The molecule has 2 aromatic rings. The molecule has 1 aliphatic heterocycles. The van der Waals surface area contributed by atoms with Crippen LogP contribution in [0.15, 0.2) is 22.5 Å². The second-order valence-electron chi connectivity index (χ2n) is 9.15. The van der Waals surface area contributed by atoms with Crippen LogP contribution in [0.3, 0.4) is 0 Å². The molecule has 0 bridgehead atoms. The van der Waals surface area contributed by atoms with Crippen molar-refractivity contribution >= 4 is 62.0 Å². The van der Waals surface area contributed by atoms with E-state index in [1.807, 2.05) is 20.8 Å². The van der Waals surface area contributed by atoms with Gasteiger partial charge in [-0.25, -0.2) is 13.4 Å². The smallest absolute Gasteiger partial charge is 0.487 e. The maximum atomic E-state index is 12.6. The Morgan fingerprint density at radius 2 is 1.95 bits per heavy atom. The van der Waals surface area contributed by atoms with Gasteiger partial charge in [-0.3, -0.25) is 23.4 Å². The molecule has 0 saturated carbocycles. The van der Waals surface area contributed by atoms with Gasteiger partial charge < -0.3 is 40.5 Å². The summed E-state index contributed by atoms with van der Waals surface area (Å²) in [6.45, 7) is 5.11. The Bertz CT molecular complexity index is 1620. The van der Waals surface area contributed by atoms with Gasteiger partial charge in [-0.05, 0) is 0 Å². The average molecular weight is 691 g/mol. The van der Waals surface area contributed by atoms with E-state index in [1.54, 1.807) is 0 Å². The summed E-state index contributed by atoms with van der Waals surface area (Å²) in [5.41, 5.74) is 11.0. The van der Waals surface area contributed by atoms with Crippen molar-refractivity contribution in [2.75, 3.05) is 24.8 Å². The number of hydrogen-bond donors (Lipinski definition) is 6. The number of nitrogens with zero attached hydrogens (tertiary/aromatic N) is 2. The summed E-state index contributed by atoms with van der Waals surface area (Å²) in [4.78, 5) is 57.8. The van der Waals surface area contributed by atoms with Gasteiger partial charge in [0.15, 0.2) is 17.6 Å². The molecule has 0 saturated heterocycles. The van der Waals surface area contributed by atoms with Crippen LogP contribution in [-0.2, 0) is 36.3 Å². The van der Waals surface area contributed by atoms with Crippen LogP contribution in [0.4, 0.5) is 5.95 Å². The van der Waals surface area contributed by atoms with Crippen molar-refractivity contribution in [3.8, 4) is 11.8 Å². The Morgan fingerprint density at radius 1 is 1.26 bits per heavy atom. The van der Waals surface area contributed by atoms with E-state index < -0.39 is 41.9 Å². The van der Waals surface area contributed by atoms with Crippen molar-refractivity contribution in [2.24, 2.45) is 5.73 Å². The third-order valence-corrected chi connectivity index (χ3v) is 11.4. The summed E-state index contributed by atoms with van der Waals surface area (Å²) >= 11 is 0. The monoisotopic (exact) mass is 690 g/mol. The lowest BCUT2D eigenvalue weighted by molar-refractivity contribution is -0.212. The highest BCUT2D eigenvalue weighted by atomic mass is 33.1. The number of aromatic amines is 1. The second kappa shape index (κ2) is 13.4. The van der Waals surface area contributed by atoms with E-state index in [9.17, 15) is 33.2 Å². The summed E-state index contributed by atoms with van der Waals surface area (Å²) in [6, 6.07) is 0. The molecule has 4 atom stereocenters. The summed E-state index contributed by atoms with van der Waals surface area (Å²) in [6.07, 6.45) is 0.500. The van der Waals surface area contributed by atoms with Gasteiger partial charge in [-0.2, -0.15) is 9.29 Å². The number of nitrogens with two attached hydrogens (primary N) is 2. The van der Waals surface area contributed by atoms with Gasteiger partial charge in [-0.1, -0.05) is 54.2 Å². The average Bonchev–Trinajstić information content (AvgIpc) is 3.37. The number of aromatic nitrogens is 3. The molecule has 0 amide bonds. The van der Waals surface area contributed by atoms with Crippen molar-refractivity contribution in [3.63, 3.8) is 0 Å². The van der Waals surface area contributed by atoms with Crippen molar-refractivity contribution in [1.29, 1.82) is 0 Å². The number of hydrogen-bond acceptors (Lipinski definition) is 15. The molecule has 0 aliphatic carbocycles. The molecule has 2 aromatic heterocycles. The molecule has 234 valence electrons. The van der Waals surface area contributed by atoms with Gasteiger partial charge in [-0.15, -0.1) is 0 Å². The molecular weight excluding hydrogens is 663 g/mol. The third-order valence-electron chi connectivity index (χ3n) is 4.65. The molecule has 42 heavy (non-hydrogen) atoms. The molecule has 3 heterocycles. The van der Waals surface area contributed by atoms with Crippen LogP contribution in [0.2, 0.25) is 0 Å². The Morgan fingerprint density at radius 3 is 2.57 bits per heavy atom. The first kappa shape index (κ1) is 34.7. The minimum Gasteiger partial charge on any atom is -0.756 e. The fourth-order valence-electron chi connectivity index (χ4n) is 3.32. The van der Waals surface area contributed by atoms with Gasteiger partial charge in [0.05, 0.1) is 18.5 Å². The zero-order valence-electron chi connectivity index (χ0n) is 22.1. The van der Waals surface area contributed by atoms with E-state index in [1.165, 1.54) is 32.4 Å². The molecule has 0 radical (unpaired) electrons. The number of nitrogens with one attached hydrogen (secondary N) is 1. The predicted molar refractivity (Wildman–Crippen MR) is 151 cm³/mol. The largest absolute Gasteiger partial charge is 0.756 e. The molecule has 23 heteroatoms. The summed E-state index contributed by atoms with van der Waals surface area (Å²) in [5.74, 6) is 5.32. The molecule has 0 spiro atoms. The predicted octanol–water partition coefficient (Wildman–Crippen LogP) is 1.61. The zero-order valence-corrected chi connectivity index (χ0v) is 26.4. The number of ether oxygens (including phenoxy) is 2. The summed E-state index contributed by atoms with van der Waals surface area (Å²) in [5, 5.41) is 0.101. The molecule has 1 aliphatic rings. The van der Waals surface area contributed by atoms with Crippen LogP contribution in [0.5, 0.6) is 0 Å². The van der Waals surface area contributed by atoms with Crippen molar-refractivity contribution in [2.45, 2.75) is 38.2 Å². The summed E-state index contributed by atoms with van der Waals surface area (Å²) in [7, 11) is -14.2. The van der Waals surface area contributed by atoms with Crippen LogP contribution >= 0.6 is 45.1 Å². The van der Waals surface area contributed by atoms with E-state index in [0.29, 0.717) is 0 Å². The number of anilines is 1. The number of fused-ring (bicyclic) bond motifs is 1. The molecule has 3 rings (SSSR count). The van der Waals surface area contributed by atoms with E-state index in [2.05, 4.69) is 30.4 Å². The maximum Gasteiger partial charge on any atom is 0.487 e. The quantitative estimate of drug-likeness (QED) is 0.0606. The number of H-pyrrole nitrogens is 1. The lowest BCUT2D eigenvalue weighted by atomic mass is 10.2. The maximum absolute atomic E-state index is 12.6. The van der Waals surface area contributed by atoms with E-state index >= 15 is 0 Å². The number of phosphoric acid groups is 3. The zero-order chi connectivity index (χ0) is 31.5. The summed E-state index contributed by atoms with van der Waals surface area (Å²) < 4.78 is 59.7. The highest BCUT2D eigenvalue weighted by Gasteiger charge is 2.39. The van der Waals surface area contributed by atoms with E-state index in [0.717, 1.165) is 0 Å². The van der Waals surface area contributed by atoms with Crippen LogP contribution in [0, 0.1) is 11.8 Å². The van der Waals surface area contributed by atoms with Crippen LogP contribution in [-0.4, -0.2) is 53.1 Å². The van der Waals surface area contributed by atoms with Gasteiger partial charge in [0, 0.05) is 10.9 Å².